The van der Waals surface area contributed by atoms with Crippen molar-refractivity contribution in [2.45, 2.75) is 39.5 Å². The molecule has 0 saturated carbocycles. The van der Waals surface area contributed by atoms with Crippen LogP contribution < -0.4 is 24.8 Å². The predicted molar refractivity (Wildman–Crippen MR) is 54.5 cm³/mol. The minimum Gasteiger partial charge on any atom is -1.00 e. The summed E-state index contributed by atoms with van der Waals surface area (Å²) in [6, 6.07) is 0. The normalized spacial score (nSPS) is 15.4. The van der Waals surface area contributed by atoms with Gasteiger partial charge in [-0.3, -0.25) is 0 Å². The fraction of sp³-hybridized carbons (Fsp3) is 0.600. The van der Waals surface area contributed by atoms with Crippen molar-refractivity contribution >= 4 is 8.32 Å². The molecule has 0 radical (unpaired) electrons. The summed E-state index contributed by atoms with van der Waals surface area (Å²) >= 11 is 2.22. The van der Waals surface area contributed by atoms with Crippen LogP contribution in [0.3, 0.4) is 0 Å². The average molecular weight is 300 g/mol. The molecule has 0 aromatic heterocycles. The third-order valence-electron chi connectivity index (χ3n) is 2.11. The van der Waals surface area contributed by atoms with Crippen LogP contribution in [-0.4, -0.2) is 14.4 Å². The van der Waals surface area contributed by atoms with E-state index in [4.69, 9.17) is 4.43 Å². The van der Waals surface area contributed by atoms with Crippen LogP contribution in [0.1, 0.15) is 20.3 Å². The van der Waals surface area contributed by atoms with Crippen molar-refractivity contribution in [2.75, 3.05) is 0 Å². The van der Waals surface area contributed by atoms with E-state index in [0.29, 0.717) is 6.10 Å². The van der Waals surface area contributed by atoms with Crippen molar-refractivity contribution < 1.29 is 49.7 Å². The van der Waals surface area contributed by atoms with Crippen LogP contribution in [0.2, 0.25) is 13.1 Å². The zero-order valence-electron chi connectivity index (χ0n) is 9.60. The zero-order chi connectivity index (χ0) is 10.1. The second-order valence-corrected chi connectivity index (χ2v) is 8.91. The molecule has 0 aromatic rings. The molecule has 1 aliphatic rings. The van der Waals surface area contributed by atoms with Crippen LogP contribution in [0.25, 0.3) is 0 Å². The van der Waals surface area contributed by atoms with Crippen LogP contribution in [0.5, 0.6) is 0 Å². The molecular formula is C10H17Cl2OSiTi. The molecule has 1 rings (SSSR count). The first-order valence-electron chi connectivity index (χ1n) is 4.73. The molecule has 0 N–H and O–H groups in total. The van der Waals surface area contributed by atoms with E-state index in [2.05, 4.69) is 59.5 Å². The molecule has 0 aromatic carbocycles. The summed E-state index contributed by atoms with van der Waals surface area (Å²) in [5.74, 6) is 0. The van der Waals surface area contributed by atoms with Gasteiger partial charge in [-0.2, -0.15) is 0 Å². The van der Waals surface area contributed by atoms with Crippen LogP contribution in [0, 0.1) is 0 Å². The molecule has 0 saturated heterocycles. The Morgan fingerprint density at radius 3 is 2.20 bits per heavy atom. The van der Waals surface area contributed by atoms with E-state index in [1.54, 1.807) is 0 Å². The van der Waals surface area contributed by atoms with E-state index in [9.17, 15) is 0 Å². The molecule has 1 aliphatic carbocycles. The quantitative estimate of drug-likeness (QED) is 0.503. The van der Waals surface area contributed by atoms with Gasteiger partial charge in [0.1, 0.15) is 0 Å². The van der Waals surface area contributed by atoms with E-state index in [1.807, 2.05) is 0 Å². The van der Waals surface area contributed by atoms with Gasteiger partial charge in [0.25, 0.3) is 0 Å². The summed E-state index contributed by atoms with van der Waals surface area (Å²) in [5, 5.41) is 1.49. The van der Waals surface area contributed by atoms with Crippen LogP contribution in [-0.2, 0) is 24.9 Å². The van der Waals surface area contributed by atoms with E-state index in [1.165, 1.54) is 9.07 Å². The monoisotopic (exact) mass is 299 g/mol. The average Bonchev–Trinajstić information content (AvgIpc) is 2.32. The fourth-order valence-corrected chi connectivity index (χ4v) is 6.10. The molecule has 0 fully saturated rings. The summed E-state index contributed by atoms with van der Waals surface area (Å²) in [6.45, 7) is 8.79. The summed E-state index contributed by atoms with van der Waals surface area (Å²) in [7, 11) is -1.60. The van der Waals surface area contributed by atoms with E-state index in [0.717, 1.165) is 6.42 Å². The first-order chi connectivity index (χ1) is 5.93. The Bertz CT molecular complexity index is 262. The van der Waals surface area contributed by atoms with Crippen molar-refractivity contribution in [3.63, 3.8) is 0 Å². The zero-order valence-corrected chi connectivity index (χ0v) is 13.7. The molecule has 0 unspecified atom stereocenters. The molecular weight excluding hydrogens is 283 g/mol. The predicted octanol–water partition coefficient (Wildman–Crippen LogP) is -3.08. The molecule has 0 atom stereocenters. The third kappa shape index (κ3) is 5.20. The number of hydrogen-bond donors (Lipinski definition) is 0. The Balaban J connectivity index is 0. The molecule has 0 aliphatic heterocycles. The Hall–Kier alpha value is 0.951. The van der Waals surface area contributed by atoms with Gasteiger partial charge in [-0.25, -0.2) is 0 Å². The molecule has 0 spiro atoms. The van der Waals surface area contributed by atoms with E-state index < -0.39 is 8.32 Å². The van der Waals surface area contributed by atoms with Gasteiger partial charge in [0.05, 0.1) is 0 Å². The Kier molecular flexibility index (Phi) is 8.93. The Labute approximate surface area is 118 Å². The van der Waals surface area contributed by atoms with E-state index in [-0.39, 0.29) is 24.8 Å². The Morgan fingerprint density at radius 1 is 1.33 bits per heavy atom. The molecule has 85 valence electrons. The largest absolute Gasteiger partial charge is 1.00 e. The second-order valence-electron chi connectivity index (χ2n) is 4.18. The van der Waals surface area contributed by atoms with E-state index >= 15 is 0 Å². The topological polar surface area (TPSA) is 9.23 Å². The summed E-state index contributed by atoms with van der Waals surface area (Å²) in [5.41, 5.74) is 0. The first kappa shape index (κ1) is 18.3. The molecule has 0 heterocycles. The minimum atomic E-state index is -1.60. The van der Waals surface area contributed by atoms with Gasteiger partial charge in [0, 0.05) is 0 Å². The SMILES string of the molecule is CC(C)O[Si](C)(C)C1=[C]([Ti+2])CC=C1.[Cl-].[Cl-]. The number of rotatable bonds is 3. The van der Waals surface area contributed by atoms with Crippen molar-refractivity contribution in [1.82, 2.24) is 0 Å². The second kappa shape index (κ2) is 7.31. The maximum absolute atomic E-state index is 6.02. The molecule has 5 heteroatoms. The van der Waals surface area contributed by atoms with Crippen molar-refractivity contribution in [3.8, 4) is 0 Å². The van der Waals surface area contributed by atoms with Crippen molar-refractivity contribution in [3.05, 3.63) is 21.2 Å². The third-order valence-corrected chi connectivity index (χ3v) is 6.07. The first-order valence-corrected chi connectivity index (χ1v) is 8.42. The van der Waals surface area contributed by atoms with Gasteiger partial charge in [-0.15, -0.1) is 0 Å². The van der Waals surface area contributed by atoms with Gasteiger partial charge in [0.2, 0.25) is 0 Å². The van der Waals surface area contributed by atoms with Gasteiger partial charge in [-0.05, 0) is 0 Å². The van der Waals surface area contributed by atoms with Crippen molar-refractivity contribution in [1.29, 1.82) is 0 Å². The molecule has 0 amide bonds. The van der Waals surface area contributed by atoms with Crippen LogP contribution in [0.4, 0.5) is 0 Å². The molecule has 0 bridgehead atoms. The van der Waals surface area contributed by atoms with Gasteiger partial charge in [-0.1, -0.05) is 0 Å². The molecule has 1 nitrogen and oxygen atoms in total. The summed E-state index contributed by atoms with van der Waals surface area (Å²) < 4.78 is 7.52. The van der Waals surface area contributed by atoms with Crippen LogP contribution >= 0.6 is 0 Å². The fourth-order valence-electron chi connectivity index (χ4n) is 1.72. The summed E-state index contributed by atoms with van der Waals surface area (Å²) in [6.07, 6.45) is 5.95. The van der Waals surface area contributed by atoms with Gasteiger partial charge in [0.15, 0.2) is 0 Å². The number of hydrogen-bond acceptors (Lipinski definition) is 1. The number of halogens is 2. The maximum atomic E-state index is 6.02. The summed E-state index contributed by atoms with van der Waals surface area (Å²) in [4.78, 5) is 0. The molecule has 15 heavy (non-hydrogen) atoms. The van der Waals surface area contributed by atoms with Crippen LogP contribution in [0.15, 0.2) is 21.2 Å². The van der Waals surface area contributed by atoms with Crippen molar-refractivity contribution in [2.24, 2.45) is 0 Å². The number of allylic oxidation sites excluding steroid dienone is 4. The standard InChI is InChI=1S/C10H17OSi.2ClH.Ti/c1-9(2)11-12(3,4)10-7-5-6-8-10;;;/h5,7,9H,6H2,1-4H3;2*1H;/q;;;+2/p-2. The maximum Gasteiger partial charge on any atom is -1.00 e. The smallest absolute Gasteiger partial charge is 1.00 e. The Morgan fingerprint density at radius 2 is 1.87 bits per heavy atom. The van der Waals surface area contributed by atoms with Gasteiger partial charge < -0.3 is 24.8 Å². The van der Waals surface area contributed by atoms with Gasteiger partial charge >= 0.3 is 93.9 Å². The minimum absolute atomic E-state index is 0.